The molecule has 0 saturated carbocycles. The van der Waals surface area contributed by atoms with Crippen LogP contribution in [0.5, 0.6) is 0 Å². The van der Waals surface area contributed by atoms with Crippen LogP contribution in [0.1, 0.15) is 194 Å². The molecule has 1 unspecified atom stereocenters. The van der Waals surface area contributed by atoms with Crippen molar-refractivity contribution in [3.05, 3.63) is 0 Å². The second kappa shape index (κ2) is 27.5. The number of carbonyl (C=O) groups is 2. The summed E-state index contributed by atoms with van der Waals surface area (Å²) in [7, 11) is 1.38. The van der Waals surface area contributed by atoms with Crippen molar-refractivity contribution in [2.75, 3.05) is 7.11 Å². The third-order valence-electron chi connectivity index (χ3n) is 8.46. The van der Waals surface area contributed by atoms with E-state index >= 15 is 0 Å². The molecule has 0 aromatic heterocycles. The summed E-state index contributed by atoms with van der Waals surface area (Å²) in [6, 6.07) is 0. The molecule has 4 heteroatoms. The number of hydrogen-bond donors (Lipinski definition) is 1. The van der Waals surface area contributed by atoms with E-state index in [2.05, 4.69) is 13.8 Å². The molecule has 0 aliphatic carbocycles. The summed E-state index contributed by atoms with van der Waals surface area (Å²) >= 11 is 0. The maximum absolute atomic E-state index is 12.6. The predicted octanol–water partition coefficient (Wildman–Crippen LogP) is 10.6. The van der Waals surface area contributed by atoms with E-state index in [1.165, 1.54) is 148 Å². The normalized spacial score (nSPS) is 12.9. The lowest BCUT2D eigenvalue weighted by molar-refractivity contribution is -0.159. The first-order valence-electron chi connectivity index (χ1n) is 16.9. The number of unbranched alkanes of at least 4 members (excludes halogenated alkanes) is 24. The van der Waals surface area contributed by atoms with Crippen molar-refractivity contribution in [2.45, 2.75) is 194 Å². The Hall–Kier alpha value is -1.06. The zero-order valence-corrected chi connectivity index (χ0v) is 26.1. The lowest BCUT2D eigenvalue weighted by atomic mass is 9.77. The summed E-state index contributed by atoms with van der Waals surface area (Å²) in [6.45, 7) is 4.53. The van der Waals surface area contributed by atoms with E-state index in [1.54, 1.807) is 0 Å². The minimum Gasteiger partial charge on any atom is -0.468 e. The highest BCUT2D eigenvalue weighted by Gasteiger charge is 2.44. The fourth-order valence-corrected chi connectivity index (χ4v) is 5.76. The molecule has 0 aromatic rings. The molecule has 0 radical (unpaired) electrons. The van der Waals surface area contributed by atoms with Gasteiger partial charge >= 0.3 is 5.97 Å². The van der Waals surface area contributed by atoms with Crippen molar-refractivity contribution < 1.29 is 14.3 Å². The summed E-state index contributed by atoms with van der Waals surface area (Å²) < 4.78 is 5.06. The molecule has 0 aromatic carbocycles. The molecule has 226 valence electrons. The molecular weight excluding hydrogens is 470 g/mol. The largest absolute Gasteiger partial charge is 0.468 e. The minimum atomic E-state index is -1.13. The first kappa shape index (κ1) is 36.9. The van der Waals surface area contributed by atoms with Gasteiger partial charge in [-0.2, -0.15) is 0 Å². The number of hydrogen-bond acceptors (Lipinski definition) is 3. The van der Waals surface area contributed by atoms with Crippen LogP contribution in [0.3, 0.4) is 0 Å². The van der Waals surface area contributed by atoms with Gasteiger partial charge < -0.3 is 10.5 Å². The monoisotopic (exact) mass is 538 g/mol. The summed E-state index contributed by atoms with van der Waals surface area (Å²) in [6.07, 6.45) is 34.3. The van der Waals surface area contributed by atoms with Gasteiger partial charge in [-0.15, -0.1) is 0 Å². The highest BCUT2D eigenvalue weighted by Crippen LogP contribution is 2.33. The van der Waals surface area contributed by atoms with E-state index in [9.17, 15) is 9.59 Å². The Bertz CT molecular complexity index is 536. The molecule has 0 bridgehead atoms. The van der Waals surface area contributed by atoms with Crippen LogP contribution < -0.4 is 5.73 Å². The Morgan fingerprint density at radius 3 is 0.921 bits per heavy atom. The quantitative estimate of drug-likeness (QED) is 0.0562. The predicted molar refractivity (Wildman–Crippen MR) is 164 cm³/mol. The lowest BCUT2D eigenvalue weighted by Gasteiger charge is -2.28. The van der Waals surface area contributed by atoms with Gasteiger partial charge in [-0.3, -0.25) is 9.59 Å². The fourth-order valence-electron chi connectivity index (χ4n) is 5.76. The Balaban J connectivity index is 4.00. The van der Waals surface area contributed by atoms with E-state index < -0.39 is 17.3 Å². The van der Waals surface area contributed by atoms with Crippen molar-refractivity contribution in [1.82, 2.24) is 0 Å². The molecule has 1 amide bonds. The molecule has 0 aliphatic heterocycles. The fraction of sp³-hybridized carbons (Fsp3) is 0.941. The highest BCUT2D eigenvalue weighted by atomic mass is 16.5. The Morgan fingerprint density at radius 2 is 0.711 bits per heavy atom. The molecule has 0 aliphatic rings. The lowest BCUT2D eigenvalue weighted by Crippen LogP contribution is -2.44. The second-order valence-corrected chi connectivity index (χ2v) is 11.9. The molecule has 38 heavy (non-hydrogen) atoms. The van der Waals surface area contributed by atoms with Gasteiger partial charge in [0.1, 0.15) is 5.41 Å². The number of carbonyl (C=O) groups excluding carboxylic acids is 2. The SMILES string of the molecule is CCCCCCCCCCCCCCCCC(CCCCCCCCCCCCCC)(C(N)=O)C(=O)OC. The van der Waals surface area contributed by atoms with Crippen molar-refractivity contribution in [2.24, 2.45) is 11.1 Å². The molecule has 0 spiro atoms. The zero-order chi connectivity index (χ0) is 28.2. The third-order valence-corrected chi connectivity index (χ3v) is 8.46. The summed E-state index contributed by atoms with van der Waals surface area (Å²) in [5.41, 5.74) is 4.67. The van der Waals surface area contributed by atoms with Gasteiger partial charge in [0.25, 0.3) is 0 Å². The van der Waals surface area contributed by atoms with Gasteiger partial charge in [0.2, 0.25) is 5.91 Å². The van der Waals surface area contributed by atoms with Crippen LogP contribution in [0.2, 0.25) is 0 Å². The second-order valence-electron chi connectivity index (χ2n) is 11.9. The third kappa shape index (κ3) is 19.9. The van der Waals surface area contributed by atoms with E-state index in [1.807, 2.05) is 0 Å². The number of nitrogens with two attached hydrogens (primary N) is 1. The van der Waals surface area contributed by atoms with Crippen LogP contribution in [0.25, 0.3) is 0 Å². The van der Waals surface area contributed by atoms with Crippen LogP contribution in [0, 0.1) is 5.41 Å². The molecule has 0 saturated heterocycles. The maximum Gasteiger partial charge on any atom is 0.321 e. The summed E-state index contributed by atoms with van der Waals surface area (Å²) in [4.78, 5) is 25.1. The number of esters is 1. The Morgan fingerprint density at radius 1 is 0.474 bits per heavy atom. The average molecular weight is 538 g/mol. The van der Waals surface area contributed by atoms with E-state index in [0.29, 0.717) is 12.8 Å². The summed E-state index contributed by atoms with van der Waals surface area (Å²) in [5.74, 6) is -0.926. The molecule has 0 fully saturated rings. The standard InChI is InChI=1S/C34H67NO3/c1-4-6-8-10-12-14-16-18-19-21-23-25-27-29-31-34(32(35)36,33(37)38-3)30-28-26-24-22-20-17-15-13-11-9-7-5-2/h4-31H2,1-3H3,(H2,35,36). The van der Waals surface area contributed by atoms with Crippen molar-refractivity contribution in [3.63, 3.8) is 0 Å². The first-order valence-corrected chi connectivity index (χ1v) is 16.9. The maximum atomic E-state index is 12.6. The first-order chi connectivity index (χ1) is 18.5. The number of primary amides is 1. The molecule has 2 N–H and O–H groups in total. The molecule has 0 heterocycles. The van der Waals surface area contributed by atoms with Crippen LogP contribution >= 0.6 is 0 Å². The molecule has 4 nitrogen and oxygen atoms in total. The zero-order valence-electron chi connectivity index (χ0n) is 26.1. The van der Waals surface area contributed by atoms with Crippen molar-refractivity contribution in [3.8, 4) is 0 Å². The molecular formula is C34H67NO3. The van der Waals surface area contributed by atoms with E-state index in [0.717, 1.165) is 25.7 Å². The topological polar surface area (TPSA) is 69.4 Å². The van der Waals surface area contributed by atoms with Crippen molar-refractivity contribution >= 4 is 11.9 Å². The highest BCUT2D eigenvalue weighted by molar-refractivity contribution is 6.01. The summed E-state index contributed by atoms with van der Waals surface area (Å²) in [5, 5.41) is 0. The number of amides is 1. The number of methoxy groups -OCH3 is 1. The Labute approximate surface area is 238 Å². The minimum absolute atomic E-state index is 0.428. The molecule has 1 atom stereocenters. The van der Waals surface area contributed by atoms with Gasteiger partial charge in [-0.1, -0.05) is 181 Å². The molecule has 0 rings (SSSR count). The van der Waals surface area contributed by atoms with Gasteiger partial charge in [-0.25, -0.2) is 0 Å². The van der Waals surface area contributed by atoms with Gasteiger partial charge in [0.05, 0.1) is 7.11 Å². The van der Waals surface area contributed by atoms with Crippen LogP contribution in [0.15, 0.2) is 0 Å². The van der Waals surface area contributed by atoms with Gasteiger partial charge in [0, 0.05) is 0 Å². The van der Waals surface area contributed by atoms with Crippen LogP contribution in [0.4, 0.5) is 0 Å². The van der Waals surface area contributed by atoms with Gasteiger partial charge in [0.15, 0.2) is 0 Å². The van der Waals surface area contributed by atoms with Crippen LogP contribution in [-0.2, 0) is 14.3 Å². The number of rotatable bonds is 30. The smallest absolute Gasteiger partial charge is 0.321 e. The average Bonchev–Trinajstić information content (AvgIpc) is 2.92. The van der Waals surface area contributed by atoms with E-state index in [-0.39, 0.29) is 0 Å². The van der Waals surface area contributed by atoms with Gasteiger partial charge in [-0.05, 0) is 12.8 Å². The van der Waals surface area contributed by atoms with Crippen molar-refractivity contribution in [1.29, 1.82) is 0 Å². The van der Waals surface area contributed by atoms with E-state index in [4.69, 9.17) is 10.5 Å². The Kier molecular flexibility index (Phi) is 26.7. The number of ether oxygens (including phenoxy) is 1. The van der Waals surface area contributed by atoms with Crippen LogP contribution in [-0.4, -0.2) is 19.0 Å².